The van der Waals surface area contributed by atoms with Crippen LogP contribution in [0.4, 0.5) is 0 Å². The number of hydrogen-bond acceptors (Lipinski definition) is 7. The first-order valence-corrected chi connectivity index (χ1v) is 9.35. The summed E-state index contributed by atoms with van der Waals surface area (Å²) in [5.74, 6) is 2.22. The Balaban J connectivity index is 1.94. The van der Waals surface area contributed by atoms with Crippen LogP contribution in [0.25, 0.3) is 10.9 Å². The maximum atomic E-state index is 12.8. The number of fused-ring (bicyclic) bond motifs is 1. The highest BCUT2D eigenvalue weighted by molar-refractivity contribution is 5.77. The third-order valence-corrected chi connectivity index (χ3v) is 4.81. The molecule has 8 heteroatoms. The van der Waals surface area contributed by atoms with Gasteiger partial charge >= 0.3 is 0 Å². The second kappa shape index (κ2) is 9.29. The summed E-state index contributed by atoms with van der Waals surface area (Å²) in [6, 6.07) is 12.9. The molecule has 0 spiro atoms. The summed E-state index contributed by atoms with van der Waals surface area (Å²) in [4.78, 5) is 19.5. The minimum atomic E-state index is -0.214. The highest BCUT2D eigenvalue weighted by Gasteiger charge is 2.18. The Bertz CT molecular complexity index is 1150. The monoisotopic (exact) mass is 408 g/mol. The van der Waals surface area contributed by atoms with Gasteiger partial charge in [-0.2, -0.15) is 5.26 Å². The summed E-state index contributed by atoms with van der Waals surface area (Å²) in [7, 11) is 6.63. The molecular formula is C22H24N4O4. The second-order valence-corrected chi connectivity index (χ2v) is 6.76. The van der Waals surface area contributed by atoms with Crippen molar-refractivity contribution in [3.63, 3.8) is 0 Å². The van der Waals surface area contributed by atoms with Gasteiger partial charge in [0, 0.05) is 12.1 Å². The zero-order valence-corrected chi connectivity index (χ0v) is 17.5. The molecule has 0 unspecified atom stereocenters. The molecule has 0 saturated carbocycles. The van der Waals surface area contributed by atoms with Crippen molar-refractivity contribution in [3.05, 3.63) is 58.1 Å². The van der Waals surface area contributed by atoms with Crippen molar-refractivity contribution < 1.29 is 14.2 Å². The molecule has 3 aromatic rings. The first kappa shape index (κ1) is 21.1. The molecule has 0 N–H and O–H groups in total. The molecule has 0 aliphatic heterocycles. The Morgan fingerprint density at radius 1 is 1.03 bits per heavy atom. The molecule has 0 aliphatic carbocycles. The number of ether oxygens (including phenoxy) is 3. The Morgan fingerprint density at radius 3 is 2.43 bits per heavy atom. The molecule has 8 nitrogen and oxygen atoms in total. The van der Waals surface area contributed by atoms with Crippen LogP contribution >= 0.6 is 0 Å². The summed E-state index contributed by atoms with van der Waals surface area (Å²) in [6.07, 6.45) is 0. The second-order valence-electron chi connectivity index (χ2n) is 6.76. The molecule has 0 fully saturated rings. The highest BCUT2D eigenvalue weighted by atomic mass is 16.5. The van der Waals surface area contributed by atoms with E-state index in [9.17, 15) is 10.1 Å². The average molecular weight is 408 g/mol. The van der Waals surface area contributed by atoms with Gasteiger partial charge in [0.1, 0.15) is 12.4 Å². The lowest BCUT2D eigenvalue weighted by molar-refractivity contribution is 0.288. The maximum absolute atomic E-state index is 12.8. The van der Waals surface area contributed by atoms with Crippen molar-refractivity contribution in [1.82, 2.24) is 14.5 Å². The molecule has 1 aromatic heterocycles. The van der Waals surface area contributed by atoms with Crippen LogP contribution in [0.2, 0.25) is 0 Å². The summed E-state index contributed by atoms with van der Waals surface area (Å²) >= 11 is 0. The molecule has 156 valence electrons. The van der Waals surface area contributed by atoms with E-state index in [0.29, 0.717) is 47.1 Å². The first-order chi connectivity index (χ1) is 14.5. The fourth-order valence-electron chi connectivity index (χ4n) is 3.44. The zero-order valence-electron chi connectivity index (χ0n) is 17.5. The van der Waals surface area contributed by atoms with Crippen molar-refractivity contribution in [3.8, 4) is 23.3 Å². The molecule has 1 heterocycles. The predicted molar refractivity (Wildman–Crippen MR) is 113 cm³/mol. The van der Waals surface area contributed by atoms with Crippen molar-refractivity contribution in [1.29, 1.82) is 5.26 Å². The lowest BCUT2D eigenvalue weighted by Gasteiger charge is -2.21. The Labute approximate surface area is 174 Å². The minimum absolute atomic E-state index is 0.0560. The van der Waals surface area contributed by atoms with Crippen molar-refractivity contribution in [2.45, 2.75) is 19.6 Å². The average Bonchev–Trinajstić information content (AvgIpc) is 2.75. The largest absolute Gasteiger partial charge is 0.493 e. The van der Waals surface area contributed by atoms with Crippen LogP contribution in [0, 0.1) is 11.3 Å². The molecule has 0 saturated heterocycles. The minimum Gasteiger partial charge on any atom is -0.493 e. The molecule has 0 radical (unpaired) electrons. The summed E-state index contributed by atoms with van der Waals surface area (Å²) < 4.78 is 17.8. The summed E-state index contributed by atoms with van der Waals surface area (Å²) in [5.41, 5.74) is 1.30. The third kappa shape index (κ3) is 4.07. The third-order valence-electron chi connectivity index (χ3n) is 4.81. The molecule has 0 atom stereocenters. The van der Waals surface area contributed by atoms with E-state index < -0.39 is 0 Å². The molecule has 30 heavy (non-hydrogen) atoms. The van der Waals surface area contributed by atoms with Gasteiger partial charge in [-0.05, 0) is 25.2 Å². The standard InChI is InChI=1S/C22H24N4O4/c1-25(13-15-9-10-18(28-2)21(30-4)20(15)29-3)14-19-24-17-8-6-5-7-16(17)22(27)26(19)12-11-23/h5-10H,12-14H2,1-4H3. The quantitative estimate of drug-likeness (QED) is 0.566. The van der Waals surface area contributed by atoms with E-state index in [4.69, 9.17) is 14.2 Å². The van der Waals surface area contributed by atoms with Crippen molar-refractivity contribution in [2.24, 2.45) is 0 Å². The number of benzene rings is 2. The topological polar surface area (TPSA) is 89.6 Å². The fourth-order valence-corrected chi connectivity index (χ4v) is 3.44. The summed E-state index contributed by atoms with van der Waals surface area (Å²) in [5, 5.41) is 9.69. The fraction of sp³-hybridized carbons (Fsp3) is 0.318. The van der Waals surface area contributed by atoms with E-state index in [1.165, 1.54) is 4.57 Å². The number of nitrogens with zero attached hydrogens (tertiary/aromatic N) is 4. The maximum Gasteiger partial charge on any atom is 0.262 e. The molecular weight excluding hydrogens is 384 g/mol. The first-order valence-electron chi connectivity index (χ1n) is 9.35. The van der Waals surface area contributed by atoms with Gasteiger partial charge < -0.3 is 14.2 Å². The zero-order chi connectivity index (χ0) is 21.7. The van der Waals surface area contributed by atoms with Gasteiger partial charge in [0.2, 0.25) is 5.75 Å². The number of nitriles is 1. The molecule has 3 rings (SSSR count). The molecule has 2 aromatic carbocycles. The number of para-hydroxylation sites is 1. The number of methoxy groups -OCH3 is 3. The van der Waals surface area contributed by atoms with Gasteiger partial charge in [0.25, 0.3) is 5.56 Å². The normalized spacial score (nSPS) is 10.8. The smallest absolute Gasteiger partial charge is 0.262 e. The molecule has 0 amide bonds. The van der Waals surface area contributed by atoms with Crippen LogP contribution in [0.3, 0.4) is 0 Å². The highest BCUT2D eigenvalue weighted by Crippen LogP contribution is 2.40. The van der Waals surface area contributed by atoms with Gasteiger partial charge in [0.05, 0.1) is 44.8 Å². The van der Waals surface area contributed by atoms with Gasteiger partial charge in [-0.15, -0.1) is 0 Å². The van der Waals surface area contributed by atoms with E-state index in [2.05, 4.69) is 11.1 Å². The van der Waals surface area contributed by atoms with Crippen molar-refractivity contribution in [2.75, 3.05) is 28.4 Å². The lowest BCUT2D eigenvalue weighted by atomic mass is 10.1. The van der Waals surface area contributed by atoms with Gasteiger partial charge in [0.15, 0.2) is 11.5 Å². The van der Waals surface area contributed by atoms with E-state index in [1.54, 1.807) is 39.5 Å². The Hall–Kier alpha value is -3.57. The van der Waals surface area contributed by atoms with E-state index >= 15 is 0 Å². The predicted octanol–water partition coefficient (Wildman–Crippen LogP) is 2.58. The van der Waals surface area contributed by atoms with Crippen LogP contribution in [0.15, 0.2) is 41.2 Å². The van der Waals surface area contributed by atoms with Crippen LogP contribution in [-0.2, 0) is 19.6 Å². The number of rotatable bonds is 8. The van der Waals surface area contributed by atoms with Crippen molar-refractivity contribution >= 4 is 10.9 Å². The van der Waals surface area contributed by atoms with Crippen LogP contribution in [0.5, 0.6) is 17.2 Å². The SMILES string of the molecule is COc1ccc(CN(C)Cc2nc3ccccc3c(=O)n2CC#N)c(OC)c1OC. The number of aromatic nitrogens is 2. The van der Waals surface area contributed by atoms with Gasteiger partial charge in [-0.25, -0.2) is 4.98 Å². The van der Waals surface area contributed by atoms with E-state index in [0.717, 1.165) is 5.56 Å². The number of hydrogen-bond donors (Lipinski definition) is 0. The van der Waals surface area contributed by atoms with Gasteiger partial charge in [-0.1, -0.05) is 18.2 Å². The Morgan fingerprint density at radius 2 is 1.77 bits per heavy atom. The van der Waals surface area contributed by atoms with Crippen LogP contribution in [0.1, 0.15) is 11.4 Å². The van der Waals surface area contributed by atoms with E-state index in [1.807, 2.05) is 30.1 Å². The van der Waals surface area contributed by atoms with Crippen LogP contribution < -0.4 is 19.8 Å². The molecule has 0 aliphatic rings. The molecule has 0 bridgehead atoms. The Kier molecular flexibility index (Phi) is 6.54. The van der Waals surface area contributed by atoms with E-state index in [-0.39, 0.29) is 12.1 Å². The summed E-state index contributed by atoms with van der Waals surface area (Å²) in [6.45, 7) is 0.831. The van der Waals surface area contributed by atoms with Gasteiger partial charge in [-0.3, -0.25) is 14.3 Å². The lowest BCUT2D eigenvalue weighted by Crippen LogP contribution is -2.29. The van der Waals surface area contributed by atoms with Crippen LogP contribution in [-0.4, -0.2) is 42.8 Å².